The third kappa shape index (κ3) is 7.43. The molecule has 3 heterocycles. The molecule has 8 nitrogen and oxygen atoms in total. The number of hydrogen-bond donors (Lipinski definition) is 1. The zero-order valence-corrected chi connectivity index (χ0v) is 21.7. The summed E-state index contributed by atoms with van der Waals surface area (Å²) in [7, 11) is 1.67. The van der Waals surface area contributed by atoms with Gasteiger partial charge in [0.15, 0.2) is 10.9 Å². The minimum atomic E-state index is -0.205. The molecule has 4 rings (SSSR count). The zero-order valence-electron chi connectivity index (χ0n) is 20.9. The van der Waals surface area contributed by atoms with Gasteiger partial charge < -0.3 is 19.4 Å². The molecule has 190 valence electrons. The van der Waals surface area contributed by atoms with Gasteiger partial charge in [0.1, 0.15) is 11.6 Å². The van der Waals surface area contributed by atoms with Gasteiger partial charge in [-0.15, -0.1) is 0 Å². The number of ether oxygens (including phenoxy) is 1. The Morgan fingerprint density at radius 3 is 2.69 bits per heavy atom. The molecule has 0 bridgehead atoms. The predicted molar refractivity (Wildman–Crippen MR) is 143 cm³/mol. The van der Waals surface area contributed by atoms with Gasteiger partial charge in [0.05, 0.1) is 18.1 Å². The van der Waals surface area contributed by atoms with Crippen LogP contribution in [0, 0.1) is 0 Å². The summed E-state index contributed by atoms with van der Waals surface area (Å²) in [5.41, 5.74) is 2.07. The Hall–Kier alpha value is -3.14. The molecule has 1 amide bonds. The van der Waals surface area contributed by atoms with Crippen molar-refractivity contribution in [3.05, 3.63) is 77.4 Å². The van der Waals surface area contributed by atoms with E-state index in [1.165, 1.54) is 17.3 Å². The van der Waals surface area contributed by atoms with Gasteiger partial charge in [-0.1, -0.05) is 54.2 Å². The van der Waals surface area contributed by atoms with Gasteiger partial charge in [-0.25, -0.2) is 9.97 Å². The predicted octanol–water partition coefficient (Wildman–Crippen LogP) is 4.09. The molecule has 1 N–H and O–H groups in total. The maximum atomic E-state index is 12.0. The summed E-state index contributed by atoms with van der Waals surface area (Å²) in [6.45, 7) is 7.55. The Morgan fingerprint density at radius 2 is 1.94 bits per heavy atom. The summed E-state index contributed by atoms with van der Waals surface area (Å²) in [6.07, 6.45) is 4.41. The Morgan fingerprint density at radius 1 is 1.14 bits per heavy atom. The van der Waals surface area contributed by atoms with Crippen molar-refractivity contribution in [3.8, 4) is 0 Å². The Balaban J connectivity index is 1.34. The number of hydrogen-bond acceptors (Lipinski definition) is 8. The molecule has 0 spiro atoms. The van der Waals surface area contributed by atoms with Crippen molar-refractivity contribution < 1.29 is 13.9 Å². The molecule has 1 aliphatic heterocycles. The SMILES string of the molecule is CCNC(=O)c1ccc(CSc2nc(COC)cc(N3CCN(C/C=C/c4ccccc4)CC3)n2)o1. The van der Waals surface area contributed by atoms with Gasteiger partial charge >= 0.3 is 0 Å². The van der Waals surface area contributed by atoms with Crippen molar-refractivity contribution in [2.75, 3.05) is 51.3 Å². The smallest absolute Gasteiger partial charge is 0.286 e. The molecule has 1 aliphatic rings. The maximum Gasteiger partial charge on any atom is 0.286 e. The van der Waals surface area contributed by atoms with Crippen LogP contribution in [0.3, 0.4) is 0 Å². The number of carbonyl (C=O) groups excluding carboxylic acids is 1. The number of nitrogens with zero attached hydrogens (tertiary/aromatic N) is 4. The summed E-state index contributed by atoms with van der Waals surface area (Å²) in [5, 5.41) is 3.42. The van der Waals surface area contributed by atoms with Crippen LogP contribution in [0.1, 0.15) is 34.5 Å². The largest absolute Gasteiger partial charge is 0.455 e. The van der Waals surface area contributed by atoms with Crippen LogP contribution in [0.25, 0.3) is 6.08 Å². The summed E-state index contributed by atoms with van der Waals surface area (Å²) >= 11 is 1.49. The first-order chi connectivity index (χ1) is 17.6. The second-order valence-corrected chi connectivity index (χ2v) is 9.39. The molecule has 0 radical (unpaired) electrons. The minimum Gasteiger partial charge on any atom is -0.455 e. The average Bonchev–Trinajstić information content (AvgIpc) is 3.38. The van der Waals surface area contributed by atoms with Crippen LogP contribution >= 0.6 is 11.8 Å². The molecule has 36 heavy (non-hydrogen) atoms. The number of aromatic nitrogens is 2. The molecular formula is C27H33N5O3S. The molecule has 0 atom stereocenters. The quantitative estimate of drug-likeness (QED) is 0.307. The molecule has 0 unspecified atom stereocenters. The summed E-state index contributed by atoms with van der Waals surface area (Å²) in [5.74, 6) is 2.28. The first kappa shape index (κ1) is 25.9. The first-order valence-electron chi connectivity index (χ1n) is 12.2. The normalized spacial score (nSPS) is 14.4. The van der Waals surface area contributed by atoms with Crippen LogP contribution in [0.2, 0.25) is 0 Å². The van der Waals surface area contributed by atoms with E-state index >= 15 is 0 Å². The van der Waals surface area contributed by atoms with Gasteiger partial charge in [0.2, 0.25) is 0 Å². The number of carbonyl (C=O) groups is 1. The number of furan rings is 1. The second-order valence-electron chi connectivity index (χ2n) is 8.45. The second kappa shape index (κ2) is 13.2. The van der Waals surface area contributed by atoms with E-state index in [-0.39, 0.29) is 5.91 Å². The number of nitrogens with one attached hydrogen (secondary N) is 1. The topological polar surface area (TPSA) is 83.7 Å². The van der Waals surface area contributed by atoms with E-state index in [4.69, 9.17) is 14.1 Å². The highest BCUT2D eigenvalue weighted by Gasteiger charge is 2.19. The van der Waals surface area contributed by atoms with Gasteiger partial charge in [0, 0.05) is 52.4 Å². The molecule has 1 saturated heterocycles. The summed E-state index contributed by atoms with van der Waals surface area (Å²) in [6, 6.07) is 15.9. The van der Waals surface area contributed by atoms with E-state index in [1.807, 2.05) is 25.1 Å². The van der Waals surface area contributed by atoms with Crippen LogP contribution in [0.15, 0.2) is 64.2 Å². The van der Waals surface area contributed by atoms with E-state index < -0.39 is 0 Å². The summed E-state index contributed by atoms with van der Waals surface area (Å²) < 4.78 is 11.0. The van der Waals surface area contributed by atoms with Crippen molar-refractivity contribution in [2.45, 2.75) is 24.4 Å². The summed E-state index contributed by atoms with van der Waals surface area (Å²) in [4.78, 5) is 26.2. The third-order valence-corrected chi connectivity index (χ3v) is 6.64. The fourth-order valence-electron chi connectivity index (χ4n) is 3.93. The van der Waals surface area contributed by atoms with Gasteiger partial charge in [-0.05, 0) is 24.6 Å². The van der Waals surface area contributed by atoms with Crippen LogP contribution in [-0.4, -0.2) is 67.2 Å². The number of thioether (sulfide) groups is 1. The average molecular weight is 508 g/mol. The van der Waals surface area contributed by atoms with Crippen molar-refractivity contribution >= 4 is 29.6 Å². The number of anilines is 1. The van der Waals surface area contributed by atoms with Crippen LogP contribution in [0.5, 0.6) is 0 Å². The van der Waals surface area contributed by atoms with Gasteiger partial charge in [-0.2, -0.15) is 0 Å². The lowest BCUT2D eigenvalue weighted by atomic mass is 10.2. The Kier molecular flexibility index (Phi) is 9.54. The van der Waals surface area contributed by atoms with Gasteiger partial charge in [0.25, 0.3) is 5.91 Å². The minimum absolute atomic E-state index is 0.205. The van der Waals surface area contributed by atoms with Crippen molar-refractivity contribution in [2.24, 2.45) is 0 Å². The lowest BCUT2D eigenvalue weighted by Gasteiger charge is -2.35. The molecule has 1 aromatic carbocycles. The van der Waals surface area contributed by atoms with Crippen molar-refractivity contribution in [1.82, 2.24) is 20.2 Å². The molecule has 9 heteroatoms. The molecular weight excluding hydrogens is 474 g/mol. The van der Waals surface area contributed by atoms with E-state index in [2.05, 4.69) is 56.5 Å². The van der Waals surface area contributed by atoms with E-state index in [0.29, 0.717) is 35.6 Å². The number of benzene rings is 1. The molecule has 1 fully saturated rings. The first-order valence-corrected chi connectivity index (χ1v) is 13.2. The molecule has 0 saturated carbocycles. The number of piperazine rings is 1. The van der Waals surface area contributed by atoms with Crippen molar-refractivity contribution in [1.29, 1.82) is 0 Å². The number of amides is 1. The lowest BCUT2D eigenvalue weighted by molar-refractivity contribution is 0.0927. The van der Waals surface area contributed by atoms with E-state index in [0.717, 1.165) is 44.2 Å². The lowest BCUT2D eigenvalue weighted by Crippen LogP contribution is -2.46. The van der Waals surface area contributed by atoms with Crippen LogP contribution < -0.4 is 10.2 Å². The van der Waals surface area contributed by atoms with Crippen LogP contribution in [-0.2, 0) is 17.1 Å². The van der Waals surface area contributed by atoms with Crippen LogP contribution in [0.4, 0.5) is 5.82 Å². The Bertz CT molecular complexity index is 1140. The monoisotopic (exact) mass is 507 g/mol. The molecule has 0 aliphatic carbocycles. The highest BCUT2D eigenvalue weighted by atomic mass is 32.2. The third-order valence-electron chi connectivity index (χ3n) is 5.77. The number of methoxy groups -OCH3 is 1. The fraction of sp³-hybridized carbons (Fsp3) is 0.370. The Labute approximate surface area is 216 Å². The maximum absolute atomic E-state index is 12.0. The van der Waals surface area contributed by atoms with Gasteiger partial charge in [-0.3, -0.25) is 9.69 Å². The molecule has 2 aromatic heterocycles. The van der Waals surface area contributed by atoms with Crippen molar-refractivity contribution in [3.63, 3.8) is 0 Å². The highest BCUT2D eigenvalue weighted by molar-refractivity contribution is 7.98. The van der Waals surface area contributed by atoms with E-state index in [1.54, 1.807) is 13.2 Å². The fourth-order valence-corrected chi connectivity index (χ4v) is 4.70. The standard InChI is InChI=1S/C27H33N5O3S/c1-3-28-26(33)24-12-11-23(35-24)20-36-27-29-22(19-34-2)18-25(30-27)32-16-14-31(15-17-32)13-7-10-21-8-5-4-6-9-21/h4-12,18H,3,13-17,19-20H2,1-2H3,(H,28,33)/b10-7+. The highest BCUT2D eigenvalue weighted by Crippen LogP contribution is 2.25. The van der Waals surface area contributed by atoms with E-state index in [9.17, 15) is 4.79 Å². The molecule has 3 aromatic rings. The number of rotatable bonds is 11. The zero-order chi connectivity index (χ0) is 25.2.